The molecule has 1 aliphatic heterocycles. The van der Waals surface area contributed by atoms with E-state index in [0.717, 1.165) is 5.56 Å². The summed E-state index contributed by atoms with van der Waals surface area (Å²) in [6.45, 7) is 12.7. The summed E-state index contributed by atoms with van der Waals surface area (Å²) < 4.78 is 16.9. The Morgan fingerprint density at radius 3 is 2.20 bits per heavy atom. The molecule has 1 saturated heterocycles. The molecule has 1 aromatic carbocycles. The van der Waals surface area contributed by atoms with Gasteiger partial charge in [0.05, 0.1) is 6.04 Å². The van der Waals surface area contributed by atoms with Crippen LogP contribution in [0.4, 0.5) is 9.59 Å². The van der Waals surface area contributed by atoms with E-state index in [9.17, 15) is 14.4 Å². The predicted molar refractivity (Wildman–Crippen MR) is 134 cm³/mol. The van der Waals surface area contributed by atoms with Crippen molar-refractivity contribution in [1.82, 2.24) is 9.80 Å². The predicted octanol–water partition coefficient (Wildman–Crippen LogP) is 5.31. The Kier molecular flexibility index (Phi) is 8.98. The van der Waals surface area contributed by atoms with Crippen molar-refractivity contribution in [3.05, 3.63) is 48.0 Å². The van der Waals surface area contributed by atoms with Gasteiger partial charge in [0.15, 0.2) is 0 Å². The van der Waals surface area contributed by atoms with Gasteiger partial charge in [-0.3, -0.25) is 4.90 Å². The van der Waals surface area contributed by atoms with Gasteiger partial charge in [0.1, 0.15) is 23.3 Å². The van der Waals surface area contributed by atoms with Gasteiger partial charge in [-0.05, 0) is 60.5 Å². The van der Waals surface area contributed by atoms with Gasteiger partial charge in [-0.2, -0.15) is 0 Å². The Balaban J connectivity index is 2.40. The highest BCUT2D eigenvalue weighted by Gasteiger charge is 2.56. The average Bonchev–Trinajstić information content (AvgIpc) is 3.15. The minimum atomic E-state index is -1.33. The number of hydrogen-bond donors (Lipinski definition) is 0. The maximum Gasteiger partial charge on any atom is 0.411 e. The second-order valence-electron chi connectivity index (χ2n) is 10.9. The molecule has 2 amide bonds. The number of rotatable bonds is 6. The molecule has 1 aliphatic rings. The summed E-state index contributed by atoms with van der Waals surface area (Å²) in [7, 11) is 1.62. The van der Waals surface area contributed by atoms with Crippen molar-refractivity contribution >= 4 is 18.2 Å². The Labute approximate surface area is 209 Å². The van der Waals surface area contributed by atoms with Crippen molar-refractivity contribution in [3.8, 4) is 0 Å². The number of carbonyl (C=O) groups excluding carboxylic acids is 3. The number of allylic oxidation sites excluding steroid dienone is 1. The van der Waals surface area contributed by atoms with Crippen LogP contribution in [0, 0.1) is 0 Å². The first-order valence-corrected chi connectivity index (χ1v) is 12.0. The highest BCUT2D eigenvalue weighted by atomic mass is 16.6. The summed E-state index contributed by atoms with van der Waals surface area (Å²) in [5, 5.41) is 0. The minimum absolute atomic E-state index is 0.0754. The number of ether oxygens (including phenoxy) is 3. The first-order chi connectivity index (χ1) is 16.2. The zero-order valence-corrected chi connectivity index (χ0v) is 22.3. The Hall–Kier alpha value is -3.03. The molecule has 0 aromatic heterocycles. The van der Waals surface area contributed by atoms with E-state index in [4.69, 9.17) is 14.2 Å². The largest absolute Gasteiger partial charge is 0.459 e. The van der Waals surface area contributed by atoms with E-state index in [0.29, 0.717) is 0 Å². The number of hydrogen-bond acceptors (Lipinski definition) is 6. The summed E-state index contributed by atoms with van der Waals surface area (Å²) in [6.07, 6.45) is 2.93. The smallest absolute Gasteiger partial charge is 0.411 e. The number of likely N-dealkylation sites (N-methyl/N-ethyl adjacent to an activating group) is 1. The molecular formula is C27H40N2O6. The number of carbonyl (C=O) groups is 3. The van der Waals surface area contributed by atoms with E-state index in [1.54, 1.807) is 48.6 Å². The van der Waals surface area contributed by atoms with Gasteiger partial charge in [-0.25, -0.2) is 14.4 Å². The normalized spacial score (nSPS) is 20.6. The molecule has 0 N–H and O–H groups in total. The minimum Gasteiger partial charge on any atom is -0.459 e. The third-order valence-corrected chi connectivity index (χ3v) is 5.61. The monoisotopic (exact) mass is 488 g/mol. The van der Waals surface area contributed by atoms with Crippen LogP contribution in [0.2, 0.25) is 0 Å². The number of benzene rings is 1. The van der Waals surface area contributed by atoms with Crippen LogP contribution in [0.25, 0.3) is 0 Å². The molecule has 2 unspecified atom stereocenters. The van der Waals surface area contributed by atoms with Gasteiger partial charge >= 0.3 is 18.2 Å². The molecule has 35 heavy (non-hydrogen) atoms. The van der Waals surface area contributed by atoms with Crippen LogP contribution in [0.15, 0.2) is 42.5 Å². The van der Waals surface area contributed by atoms with Crippen molar-refractivity contribution in [3.63, 3.8) is 0 Å². The zero-order chi connectivity index (χ0) is 26.4. The molecule has 0 saturated carbocycles. The van der Waals surface area contributed by atoms with Crippen LogP contribution < -0.4 is 0 Å². The third kappa shape index (κ3) is 7.73. The Bertz CT molecular complexity index is 916. The molecule has 2 rings (SSSR count). The highest BCUT2D eigenvalue weighted by molar-refractivity contribution is 5.87. The summed E-state index contributed by atoms with van der Waals surface area (Å²) in [4.78, 5) is 42.6. The number of amides is 2. The molecule has 1 fully saturated rings. The van der Waals surface area contributed by atoms with E-state index in [-0.39, 0.29) is 26.0 Å². The SMILES string of the molecule is C/C=C/CC1(C(=O)OCc2ccccc2)CC(N(C)C(=O)OC(C)(C)C)CN1C(=O)OC(C)(C)C. The first-order valence-electron chi connectivity index (χ1n) is 12.0. The number of nitrogens with zero attached hydrogens (tertiary/aromatic N) is 2. The molecule has 2 atom stereocenters. The fraction of sp³-hybridized carbons (Fsp3) is 0.593. The molecule has 1 aromatic rings. The van der Waals surface area contributed by atoms with Crippen LogP contribution in [0.3, 0.4) is 0 Å². The molecule has 8 heteroatoms. The Morgan fingerprint density at radius 2 is 1.66 bits per heavy atom. The van der Waals surface area contributed by atoms with Gasteiger partial charge < -0.3 is 19.1 Å². The molecule has 8 nitrogen and oxygen atoms in total. The van der Waals surface area contributed by atoms with Gasteiger partial charge in [0.25, 0.3) is 0 Å². The van der Waals surface area contributed by atoms with Crippen molar-refractivity contribution in [2.24, 2.45) is 0 Å². The molecular weight excluding hydrogens is 448 g/mol. The quantitative estimate of drug-likeness (QED) is 0.306. The number of likely N-dealkylation sites (tertiary alicyclic amines) is 1. The van der Waals surface area contributed by atoms with Gasteiger partial charge in [0, 0.05) is 20.0 Å². The maximum absolute atomic E-state index is 13.7. The molecule has 194 valence electrons. The lowest BCUT2D eigenvalue weighted by Gasteiger charge is -2.36. The summed E-state index contributed by atoms with van der Waals surface area (Å²) in [6, 6.07) is 8.89. The van der Waals surface area contributed by atoms with E-state index in [1.165, 1.54) is 9.80 Å². The lowest BCUT2D eigenvalue weighted by molar-refractivity contribution is -0.157. The van der Waals surface area contributed by atoms with Crippen molar-refractivity contribution in [1.29, 1.82) is 0 Å². The number of esters is 1. The molecule has 0 spiro atoms. The fourth-order valence-corrected chi connectivity index (χ4v) is 3.90. The van der Waals surface area contributed by atoms with Gasteiger partial charge in [0.2, 0.25) is 0 Å². The fourth-order valence-electron chi connectivity index (χ4n) is 3.90. The highest BCUT2D eigenvalue weighted by Crippen LogP contribution is 2.38. The van der Waals surface area contributed by atoms with E-state index >= 15 is 0 Å². The summed E-state index contributed by atoms with van der Waals surface area (Å²) in [5.74, 6) is -0.537. The van der Waals surface area contributed by atoms with Crippen LogP contribution in [-0.2, 0) is 25.6 Å². The third-order valence-electron chi connectivity index (χ3n) is 5.61. The standard InChI is InChI=1S/C27H40N2O6/c1-9-10-16-27(22(30)33-19-20-14-12-11-13-15-20)17-21(28(8)23(31)34-25(2,3)4)18-29(27)24(32)35-26(5,6)7/h9-15,21H,16-19H2,1-8H3/b10-9+. The summed E-state index contributed by atoms with van der Waals surface area (Å²) in [5.41, 5.74) is -1.92. The Morgan fingerprint density at radius 1 is 1.06 bits per heavy atom. The lowest BCUT2D eigenvalue weighted by atomic mass is 9.90. The van der Waals surface area contributed by atoms with E-state index < -0.39 is 40.9 Å². The average molecular weight is 489 g/mol. The van der Waals surface area contributed by atoms with Crippen LogP contribution >= 0.6 is 0 Å². The molecule has 0 bridgehead atoms. The maximum atomic E-state index is 13.7. The zero-order valence-electron chi connectivity index (χ0n) is 22.3. The van der Waals surface area contributed by atoms with E-state index in [1.807, 2.05) is 49.4 Å². The van der Waals surface area contributed by atoms with E-state index in [2.05, 4.69) is 0 Å². The second-order valence-corrected chi connectivity index (χ2v) is 10.9. The van der Waals surface area contributed by atoms with Crippen LogP contribution in [-0.4, -0.2) is 64.3 Å². The van der Waals surface area contributed by atoms with Gasteiger partial charge in [-0.1, -0.05) is 42.5 Å². The first kappa shape index (κ1) is 28.2. The van der Waals surface area contributed by atoms with Crippen molar-refractivity contribution in [2.75, 3.05) is 13.6 Å². The van der Waals surface area contributed by atoms with Crippen molar-refractivity contribution in [2.45, 2.75) is 90.7 Å². The van der Waals surface area contributed by atoms with Crippen LogP contribution in [0.5, 0.6) is 0 Å². The molecule has 1 heterocycles. The second kappa shape index (κ2) is 11.1. The van der Waals surface area contributed by atoms with Crippen LogP contribution in [0.1, 0.15) is 66.9 Å². The van der Waals surface area contributed by atoms with Gasteiger partial charge in [-0.15, -0.1) is 0 Å². The topological polar surface area (TPSA) is 85.4 Å². The molecule has 0 radical (unpaired) electrons. The summed E-state index contributed by atoms with van der Waals surface area (Å²) >= 11 is 0. The molecule has 0 aliphatic carbocycles. The van der Waals surface area contributed by atoms with Crippen molar-refractivity contribution < 1.29 is 28.6 Å². The lowest BCUT2D eigenvalue weighted by Crippen LogP contribution is -2.54.